The van der Waals surface area contributed by atoms with Gasteiger partial charge < -0.3 is 14.4 Å². The van der Waals surface area contributed by atoms with Gasteiger partial charge in [-0.05, 0) is 18.1 Å². The Balaban J connectivity index is 1.76. The third-order valence-corrected chi connectivity index (χ3v) is 3.50. The highest BCUT2D eigenvalue weighted by molar-refractivity contribution is 5.54. The quantitative estimate of drug-likeness (QED) is 0.692. The van der Waals surface area contributed by atoms with Gasteiger partial charge in [0.2, 0.25) is 0 Å². The van der Waals surface area contributed by atoms with E-state index in [4.69, 9.17) is 9.47 Å². The van der Waals surface area contributed by atoms with Crippen molar-refractivity contribution in [2.45, 2.75) is 32.0 Å². The highest BCUT2D eigenvalue weighted by Crippen LogP contribution is 2.27. The van der Waals surface area contributed by atoms with Crippen molar-refractivity contribution in [3.05, 3.63) is 29.8 Å². The SMILES string of the molecule is CCCN(CC1CO1)c1ccccc1CC1CO1. The van der Waals surface area contributed by atoms with Gasteiger partial charge in [0.15, 0.2) is 0 Å². The molecule has 0 aromatic heterocycles. The lowest BCUT2D eigenvalue weighted by Gasteiger charge is -2.26. The van der Waals surface area contributed by atoms with Crippen LogP contribution in [0.25, 0.3) is 0 Å². The van der Waals surface area contributed by atoms with Gasteiger partial charge in [-0.1, -0.05) is 25.1 Å². The Hall–Kier alpha value is -1.06. The van der Waals surface area contributed by atoms with E-state index in [9.17, 15) is 0 Å². The fourth-order valence-electron chi connectivity index (χ4n) is 2.42. The summed E-state index contributed by atoms with van der Waals surface area (Å²) in [5, 5.41) is 0. The highest BCUT2D eigenvalue weighted by Gasteiger charge is 2.28. The van der Waals surface area contributed by atoms with Gasteiger partial charge in [0, 0.05) is 25.2 Å². The fourth-order valence-corrected chi connectivity index (χ4v) is 2.42. The maximum Gasteiger partial charge on any atom is 0.0984 e. The average molecular weight is 247 g/mol. The summed E-state index contributed by atoms with van der Waals surface area (Å²) < 4.78 is 10.7. The van der Waals surface area contributed by atoms with E-state index in [1.54, 1.807) is 0 Å². The molecule has 18 heavy (non-hydrogen) atoms. The lowest BCUT2D eigenvalue weighted by atomic mass is 10.1. The third-order valence-electron chi connectivity index (χ3n) is 3.50. The number of rotatable bonds is 7. The van der Waals surface area contributed by atoms with Crippen LogP contribution >= 0.6 is 0 Å². The van der Waals surface area contributed by atoms with E-state index in [1.165, 1.54) is 17.7 Å². The van der Waals surface area contributed by atoms with Crippen molar-refractivity contribution in [3.63, 3.8) is 0 Å². The van der Waals surface area contributed by atoms with E-state index in [2.05, 4.69) is 36.1 Å². The van der Waals surface area contributed by atoms with Crippen molar-refractivity contribution in [2.24, 2.45) is 0 Å². The molecule has 3 rings (SSSR count). The van der Waals surface area contributed by atoms with Gasteiger partial charge in [0.05, 0.1) is 25.4 Å². The second-order valence-corrected chi connectivity index (χ2v) is 5.19. The molecule has 0 radical (unpaired) electrons. The Bertz CT molecular complexity index is 399. The summed E-state index contributed by atoms with van der Waals surface area (Å²) in [4.78, 5) is 2.47. The Morgan fingerprint density at radius 1 is 1.17 bits per heavy atom. The molecule has 0 bridgehead atoms. The summed E-state index contributed by atoms with van der Waals surface area (Å²) in [6, 6.07) is 8.71. The number of epoxide rings is 2. The minimum atomic E-state index is 0.446. The number of hydrogen-bond donors (Lipinski definition) is 0. The molecule has 2 heterocycles. The zero-order valence-corrected chi connectivity index (χ0v) is 11.0. The van der Waals surface area contributed by atoms with Gasteiger partial charge >= 0.3 is 0 Å². The van der Waals surface area contributed by atoms with Gasteiger partial charge in [-0.15, -0.1) is 0 Å². The first-order chi connectivity index (χ1) is 8.86. The van der Waals surface area contributed by atoms with Crippen LogP contribution in [0.3, 0.4) is 0 Å². The predicted molar refractivity (Wildman–Crippen MR) is 72.1 cm³/mol. The Morgan fingerprint density at radius 2 is 1.89 bits per heavy atom. The molecule has 0 aliphatic carbocycles. The zero-order valence-electron chi connectivity index (χ0n) is 11.0. The molecule has 3 heteroatoms. The number of para-hydroxylation sites is 1. The van der Waals surface area contributed by atoms with Crippen LogP contribution < -0.4 is 4.90 Å². The van der Waals surface area contributed by atoms with Crippen LogP contribution in [0.5, 0.6) is 0 Å². The summed E-state index contributed by atoms with van der Waals surface area (Å²) in [6.45, 7) is 6.20. The van der Waals surface area contributed by atoms with Crippen LogP contribution in [0, 0.1) is 0 Å². The van der Waals surface area contributed by atoms with Gasteiger partial charge in [0.25, 0.3) is 0 Å². The van der Waals surface area contributed by atoms with Gasteiger partial charge in [-0.25, -0.2) is 0 Å². The van der Waals surface area contributed by atoms with Crippen LogP contribution in [0.15, 0.2) is 24.3 Å². The molecule has 2 aliphatic heterocycles. The monoisotopic (exact) mass is 247 g/mol. The third kappa shape index (κ3) is 3.03. The molecule has 0 spiro atoms. The molecule has 2 fully saturated rings. The topological polar surface area (TPSA) is 28.3 Å². The Morgan fingerprint density at radius 3 is 2.56 bits per heavy atom. The van der Waals surface area contributed by atoms with E-state index >= 15 is 0 Å². The highest BCUT2D eigenvalue weighted by atomic mass is 16.6. The summed E-state index contributed by atoms with van der Waals surface area (Å²) in [6.07, 6.45) is 3.11. The first-order valence-electron chi connectivity index (χ1n) is 6.93. The molecule has 98 valence electrons. The Labute approximate surface area is 109 Å². The fraction of sp³-hybridized carbons (Fsp3) is 0.600. The maximum absolute atomic E-state index is 5.37. The van der Waals surface area contributed by atoms with Crippen molar-refractivity contribution in [1.82, 2.24) is 0 Å². The van der Waals surface area contributed by atoms with Crippen molar-refractivity contribution >= 4 is 5.69 Å². The maximum atomic E-state index is 5.37. The van der Waals surface area contributed by atoms with Crippen LogP contribution in [0.1, 0.15) is 18.9 Å². The summed E-state index contributed by atoms with van der Waals surface area (Å²) >= 11 is 0. The summed E-state index contributed by atoms with van der Waals surface area (Å²) in [7, 11) is 0. The lowest BCUT2D eigenvalue weighted by molar-refractivity contribution is 0.404. The molecular formula is C15H21NO2. The molecule has 2 saturated heterocycles. The first kappa shape index (κ1) is 12.0. The van der Waals surface area contributed by atoms with E-state index < -0.39 is 0 Å². The van der Waals surface area contributed by atoms with Crippen LogP contribution in [0.2, 0.25) is 0 Å². The molecule has 2 unspecified atom stereocenters. The first-order valence-corrected chi connectivity index (χ1v) is 6.93. The predicted octanol–water partition coefficient (Wildman–Crippen LogP) is 2.24. The number of hydrogen-bond acceptors (Lipinski definition) is 3. The summed E-state index contributed by atoms with van der Waals surface area (Å²) in [5.74, 6) is 0. The van der Waals surface area contributed by atoms with E-state index in [0.29, 0.717) is 12.2 Å². The molecule has 2 aliphatic rings. The summed E-state index contributed by atoms with van der Waals surface area (Å²) in [5.41, 5.74) is 2.78. The standard InChI is InChI=1S/C15H21NO2/c1-2-7-16(9-14-11-18-14)15-6-4-3-5-12(15)8-13-10-17-13/h3-6,13-14H,2,7-11H2,1H3. The lowest BCUT2D eigenvalue weighted by Crippen LogP contribution is -2.29. The molecule has 3 nitrogen and oxygen atoms in total. The second-order valence-electron chi connectivity index (χ2n) is 5.19. The van der Waals surface area contributed by atoms with Crippen LogP contribution in [0.4, 0.5) is 5.69 Å². The van der Waals surface area contributed by atoms with Crippen LogP contribution in [-0.4, -0.2) is 38.5 Å². The van der Waals surface area contributed by atoms with E-state index in [-0.39, 0.29) is 0 Å². The molecule has 0 saturated carbocycles. The molecule has 0 N–H and O–H groups in total. The number of nitrogens with zero attached hydrogens (tertiary/aromatic N) is 1. The normalized spacial score (nSPS) is 24.9. The van der Waals surface area contributed by atoms with Gasteiger partial charge in [0.1, 0.15) is 0 Å². The molecule has 1 aromatic rings. The number of ether oxygens (including phenoxy) is 2. The van der Waals surface area contributed by atoms with E-state index in [0.717, 1.165) is 32.7 Å². The number of benzene rings is 1. The number of anilines is 1. The van der Waals surface area contributed by atoms with Crippen LogP contribution in [-0.2, 0) is 15.9 Å². The van der Waals surface area contributed by atoms with Gasteiger partial charge in [-0.2, -0.15) is 0 Å². The molecule has 0 amide bonds. The molecule has 1 aromatic carbocycles. The molecule has 2 atom stereocenters. The second kappa shape index (κ2) is 5.29. The molecular weight excluding hydrogens is 226 g/mol. The van der Waals surface area contributed by atoms with Crippen molar-refractivity contribution < 1.29 is 9.47 Å². The Kier molecular flexibility index (Phi) is 3.52. The van der Waals surface area contributed by atoms with Crippen molar-refractivity contribution in [2.75, 3.05) is 31.2 Å². The van der Waals surface area contributed by atoms with E-state index in [1.807, 2.05) is 0 Å². The smallest absolute Gasteiger partial charge is 0.0984 e. The average Bonchev–Trinajstić information content (AvgIpc) is 3.24. The minimum absolute atomic E-state index is 0.446. The largest absolute Gasteiger partial charge is 0.373 e. The van der Waals surface area contributed by atoms with Crippen molar-refractivity contribution in [1.29, 1.82) is 0 Å². The van der Waals surface area contributed by atoms with Gasteiger partial charge in [-0.3, -0.25) is 0 Å². The van der Waals surface area contributed by atoms with Crippen molar-refractivity contribution in [3.8, 4) is 0 Å². The zero-order chi connectivity index (χ0) is 12.4. The minimum Gasteiger partial charge on any atom is -0.373 e.